The number of nitrogens with zero attached hydrogens (tertiary/aromatic N) is 2. The van der Waals surface area contributed by atoms with E-state index >= 15 is 0 Å². The van der Waals surface area contributed by atoms with Gasteiger partial charge in [0.1, 0.15) is 18.3 Å². The Balaban J connectivity index is 1.83. The highest BCUT2D eigenvalue weighted by Crippen LogP contribution is 2.30. The van der Waals surface area contributed by atoms with Crippen molar-refractivity contribution < 1.29 is 22.7 Å². The predicted octanol–water partition coefficient (Wildman–Crippen LogP) is 7.52. The molecule has 8 nitrogen and oxygen atoms in total. The quantitative estimate of drug-likeness (QED) is 0.135. The van der Waals surface area contributed by atoms with Crippen molar-refractivity contribution in [3.8, 4) is 5.75 Å². The van der Waals surface area contributed by atoms with Crippen LogP contribution in [0.2, 0.25) is 10.0 Å². The molecule has 4 aromatic rings. The summed E-state index contributed by atoms with van der Waals surface area (Å²) in [5.41, 5.74) is 1.50. The molecule has 0 aliphatic carbocycles. The van der Waals surface area contributed by atoms with Crippen LogP contribution in [0.25, 0.3) is 0 Å². The lowest BCUT2D eigenvalue weighted by atomic mass is 10.0. The van der Waals surface area contributed by atoms with Crippen LogP contribution in [0, 0.1) is 0 Å². The molecule has 0 saturated carbocycles. The summed E-state index contributed by atoms with van der Waals surface area (Å²) in [4.78, 5) is 29.7. The van der Waals surface area contributed by atoms with Gasteiger partial charge in [-0.05, 0) is 79.6 Å². The van der Waals surface area contributed by atoms with Gasteiger partial charge in [-0.2, -0.15) is 0 Å². The van der Waals surface area contributed by atoms with E-state index in [0.29, 0.717) is 45.4 Å². The molecular formula is C35H36BrCl2N3O5S. The van der Waals surface area contributed by atoms with Crippen LogP contribution in [0.15, 0.2) is 106 Å². The maximum atomic E-state index is 14.6. The third kappa shape index (κ3) is 9.50. The summed E-state index contributed by atoms with van der Waals surface area (Å²) < 4.78 is 35.7. The maximum absolute atomic E-state index is 14.6. The fourth-order valence-corrected chi connectivity index (χ4v) is 7.11. The average Bonchev–Trinajstić information content (AvgIpc) is 3.06. The topological polar surface area (TPSA) is 96.0 Å². The van der Waals surface area contributed by atoms with Crippen LogP contribution in [-0.4, -0.2) is 50.9 Å². The minimum Gasteiger partial charge on any atom is -0.494 e. The van der Waals surface area contributed by atoms with Crippen molar-refractivity contribution in [3.05, 3.63) is 123 Å². The standard InChI is InChI=1S/C35H36BrCl2N3O5S/c1-3-21-39-35(43)33(22-25-9-6-5-7-10-25)40(23-30-31(37)11-8-12-32(30)38)34(42)24-41(27-15-17-28(18-16-27)46-4-2)47(44,45)29-19-13-26(36)14-20-29/h5-20,33H,3-4,21-24H2,1-2H3,(H,39,43)/t33-/m0/s1. The number of rotatable bonds is 15. The Hall–Kier alpha value is -3.57. The zero-order chi connectivity index (χ0) is 34.0. The lowest BCUT2D eigenvalue weighted by Crippen LogP contribution is -2.53. The molecule has 0 aliphatic heterocycles. The number of ether oxygens (including phenoxy) is 1. The highest BCUT2D eigenvalue weighted by molar-refractivity contribution is 9.10. The summed E-state index contributed by atoms with van der Waals surface area (Å²) in [6.45, 7) is 3.86. The molecule has 1 N–H and O–H groups in total. The first kappa shape index (κ1) is 36.3. The van der Waals surface area contributed by atoms with Gasteiger partial charge < -0.3 is 15.0 Å². The van der Waals surface area contributed by atoms with E-state index in [2.05, 4.69) is 21.2 Å². The number of carbonyl (C=O) groups excluding carboxylic acids is 2. The van der Waals surface area contributed by atoms with Crippen molar-refractivity contribution in [2.75, 3.05) is 24.0 Å². The normalized spacial score (nSPS) is 11.9. The number of hydrogen-bond donors (Lipinski definition) is 1. The van der Waals surface area contributed by atoms with Gasteiger partial charge in [0.15, 0.2) is 0 Å². The van der Waals surface area contributed by atoms with E-state index in [1.807, 2.05) is 44.2 Å². The summed E-state index contributed by atoms with van der Waals surface area (Å²) in [5.74, 6) is -0.451. The molecule has 12 heteroatoms. The summed E-state index contributed by atoms with van der Waals surface area (Å²) in [6.07, 6.45) is 0.859. The third-order valence-electron chi connectivity index (χ3n) is 7.33. The minimum absolute atomic E-state index is 0.00962. The average molecular weight is 762 g/mol. The Morgan fingerprint density at radius 2 is 1.51 bits per heavy atom. The highest BCUT2D eigenvalue weighted by Gasteiger charge is 2.35. The van der Waals surface area contributed by atoms with E-state index in [4.69, 9.17) is 27.9 Å². The summed E-state index contributed by atoms with van der Waals surface area (Å²) in [5, 5.41) is 3.55. The molecule has 4 aromatic carbocycles. The summed E-state index contributed by atoms with van der Waals surface area (Å²) in [6, 6.07) is 25.9. The molecule has 0 radical (unpaired) electrons. The number of nitrogens with one attached hydrogen (secondary N) is 1. The number of hydrogen-bond acceptors (Lipinski definition) is 5. The van der Waals surface area contributed by atoms with Crippen LogP contribution in [0.1, 0.15) is 31.4 Å². The van der Waals surface area contributed by atoms with Gasteiger partial charge >= 0.3 is 0 Å². The Kier molecular flexibility index (Phi) is 13.1. The Bertz CT molecular complexity index is 1740. The number of benzene rings is 4. The Morgan fingerprint density at radius 1 is 0.872 bits per heavy atom. The molecule has 2 amide bonds. The first-order valence-corrected chi connectivity index (χ1v) is 18.1. The van der Waals surface area contributed by atoms with E-state index in [1.54, 1.807) is 54.6 Å². The fourth-order valence-electron chi connectivity index (χ4n) is 4.91. The highest BCUT2D eigenvalue weighted by atomic mass is 79.9. The van der Waals surface area contributed by atoms with Crippen LogP contribution in [-0.2, 0) is 32.6 Å². The van der Waals surface area contributed by atoms with Crippen molar-refractivity contribution in [2.45, 2.75) is 44.2 Å². The van der Waals surface area contributed by atoms with Gasteiger partial charge in [-0.15, -0.1) is 0 Å². The molecule has 0 bridgehead atoms. The van der Waals surface area contributed by atoms with Crippen LogP contribution in [0.5, 0.6) is 5.75 Å². The molecule has 248 valence electrons. The van der Waals surface area contributed by atoms with Crippen LogP contribution < -0.4 is 14.4 Å². The van der Waals surface area contributed by atoms with Crippen molar-refractivity contribution in [1.29, 1.82) is 0 Å². The number of anilines is 1. The number of sulfonamides is 1. The van der Waals surface area contributed by atoms with E-state index in [1.165, 1.54) is 17.0 Å². The molecule has 0 fully saturated rings. The van der Waals surface area contributed by atoms with Gasteiger partial charge in [0, 0.05) is 39.6 Å². The van der Waals surface area contributed by atoms with E-state index in [0.717, 1.165) is 9.87 Å². The van der Waals surface area contributed by atoms with Gasteiger partial charge in [-0.3, -0.25) is 13.9 Å². The molecular weight excluding hydrogens is 725 g/mol. The molecule has 0 spiro atoms. The lowest BCUT2D eigenvalue weighted by Gasteiger charge is -2.34. The number of carbonyl (C=O) groups is 2. The van der Waals surface area contributed by atoms with Crippen molar-refractivity contribution in [1.82, 2.24) is 10.2 Å². The monoisotopic (exact) mass is 759 g/mol. The van der Waals surface area contributed by atoms with Crippen molar-refractivity contribution in [3.63, 3.8) is 0 Å². The molecule has 0 unspecified atom stereocenters. The fraction of sp³-hybridized carbons (Fsp3) is 0.257. The first-order chi connectivity index (χ1) is 22.5. The predicted molar refractivity (Wildman–Crippen MR) is 191 cm³/mol. The van der Waals surface area contributed by atoms with Gasteiger partial charge in [0.2, 0.25) is 11.8 Å². The second kappa shape index (κ2) is 17.0. The Labute approximate surface area is 294 Å². The second-order valence-corrected chi connectivity index (χ2v) is 14.2. The first-order valence-electron chi connectivity index (χ1n) is 15.1. The van der Waals surface area contributed by atoms with Crippen molar-refractivity contribution in [2.24, 2.45) is 0 Å². The SMILES string of the molecule is CCCNC(=O)[C@H](Cc1ccccc1)N(Cc1c(Cl)cccc1Cl)C(=O)CN(c1ccc(OCC)cc1)S(=O)(=O)c1ccc(Br)cc1. The van der Waals surface area contributed by atoms with Crippen LogP contribution in [0.3, 0.4) is 0 Å². The van der Waals surface area contributed by atoms with E-state index in [-0.39, 0.29) is 29.5 Å². The van der Waals surface area contributed by atoms with Gasteiger partial charge in [0.05, 0.1) is 17.2 Å². The van der Waals surface area contributed by atoms with Gasteiger partial charge in [0.25, 0.3) is 10.0 Å². The van der Waals surface area contributed by atoms with Crippen molar-refractivity contribution >= 4 is 66.7 Å². The largest absolute Gasteiger partial charge is 0.494 e. The number of amides is 2. The molecule has 1 atom stereocenters. The second-order valence-electron chi connectivity index (χ2n) is 10.6. The number of halogens is 3. The summed E-state index contributed by atoms with van der Waals surface area (Å²) >= 11 is 16.5. The zero-order valence-corrected chi connectivity index (χ0v) is 29.9. The van der Waals surface area contributed by atoms with Gasteiger partial charge in [-0.1, -0.05) is 82.5 Å². The minimum atomic E-state index is -4.26. The molecule has 0 aliphatic rings. The molecule has 0 heterocycles. The lowest BCUT2D eigenvalue weighted by molar-refractivity contribution is -0.140. The Morgan fingerprint density at radius 3 is 2.11 bits per heavy atom. The third-order valence-corrected chi connectivity index (χ3v) is 10.4. The van der Waals surface area contributed by atoms with Gasteiger partial charge in [-0.25, -0.2) is 8.42 Å². The molecule has 4 rings (SSSR count). The molecule has 0 saturated heterocycles. The van der Waals surface area contributed by atoms with E-state index in [9.17, 15) is 18.0 Å². The van der Waals surface area contributed by atoms with E-state index < -0.39 is 28.5 Å². The molecule has 0 aromatic heterocycles. The smallest absolute Gasteiger partial charge is 0.264 e. The summed E-state index contributed by atoms with van der Waals surface area (Å²) in [7, 11) is -4.26. The van der Waals surface area contributed by atoms with Crippen LogP contribution in [0.4, 0.5) is 5.69 Å². The molecule has 47 heavy (non-hydrogen) atoms. The maximum Gasteiger partial charge on any atom is 0.264 e. The van der Waals surface area contributed by atoms with Crippen LogP contribution >= 0.6 is 39.1 Å². The zero-order valence-electron chi connectivity index (χ0n) is 26.0.